The Kier molecular flexibility index (Phi) is 6.64. The number of aryl methyl sites for hydroxylation is 1. The maximum Gasteiger partial charge on any atom is 0.410 e. The minimum absolute atomic E-state index is 0.182. The molecule has 0 aliphatic carbocycles. The second-order valence-corrected chi connectivity index (χ2v) is 10.0. The zero-order valence-corrected chi connectivity index (χ0v) is 21.2. The summed E-state index contributed by atoms with van der Waals surface area (Å²) in [7, 11) is 0. The molecule has 2 amide bonds. The molecule has 35 heavy (non-hydrogen) atoms. The quantitative estimate of drug-likeness (QED) is 0.602. The number of rotatable bonds is 4. The van der Waals surface area contributed by atoms with Crippen molar-refractivity contribution in [2.24, 2.45) is 0 Å². The van der Waals surface area contributed by atoms with Gasteiger partial charge in [0.1, 0.15) is 11.4 Å². The third-order valence-corrected chi connectivity index (χ3v) is 5.78. The number of carbonyl (C=O) groups is 2. The average molecular weight is 480 g/mol. The van der Waals surface area contributed by atoms with Gasteiger partial charge in [-0.1, -0.05) is 0 Å². The summed E-state index contributed by atoms with van der Waals surface area (Å²) in [5.74, 6) is 0.198. The Hall–Kier alpha value is -3.69. The summed E-state index contributed by atoms with van der Waals surface area (Å²) < 4.78 is 7.30. The highest BCUT2D eigenvalue weighted by Crippen LogP contribution is 2.22. The highest BCUT2D eigenvalue weighted by Gasteiger charge is 2.26. The van der Waals surface area contributed by atoms with Crippen molar-refractivity contribution < 1.29 is 14.3 Å². The third kappa shape index (κ3) is 5.52. The molecule has 0 saturated carbocycles. The van der Waals surface area contributed by atoms with Crippen LogP contribution in [-0.4, -0.2) is 68.4 Å². The number of carbonyl (C=O) groups excluding carboxylic acids is 2. The summed E-state index contributed by atoms with van der Waals surface area (Å²) in [6.07, 6.45) is 3.18. The molecule has 10 heteroatoms. The van der Waals surface area contributed by atoms with Crippen LogP contribution in [0.3, 0.4) is 0 Å². The molecule has 10 nitrogen and oxygen atoms in total. The van der Waals surface area contributed by atoms with E-state index in [0.29, 0.717) is 43.3 Å². The lowest BCUT2D eigenvalue weighted by atomic mass is 10.1. The Labute approximate surface area is 205 Å². The van der Waals surface area contributed by atoms with Crippen molar-refractivity contribution in [2.75, 3.05) is 36.4 Å². The van der Waals surface area contributed by atoms with Crippen LogP contribution in [0.1, 0.15) is 56.7 Å². The normalized spacial score (nSPS) is 14.5. The summed E-state index contributed by atoms with van der Waals surface area (Å²) in [4.78, 5) is 38.1. The number of piperazine rings is 1. The van der Waals surface area contributed by atoms with Gasteiger partial charge in [-0.25, -0.2) is 19.4 Å². The van der Waals surface area contributed by atoms with Gasteiger partial charge in [-0.3, -0.25) is 4.79 Å². The molecule has 1 fully saturated rings. The standard InChI is InChI=1S/C25H33N7O3/c1-16(2)32-22-18(14-27-32)13-20(17(3)28-22)23(33)29-21-8-7-19(15-26-21)30-9-11-31(12-10-30)24(34)35-25(4,5)6/h7-8,13-16H,9-12H2,1-6H3,(H,26,29,33). The second kappa shape index (κ2) is 9.52. The molecule has 186 valence electrons. The Morgan fingerprint density at radius 2 is 1.80 bits per heavy atom. The molecular weight excluding hydrogens is 446 g/mol. The molecule has 0 bridgehead atoms. The fraction of sp³-hybridized carbons (Fsp3) is 0.480. The van der Waals surface area contributed by atoms with Crippen LogP contribution in [0.25, 0.3) is 11.0 Å². The maximum absolute atomic E-state index is 12.9. The van der Waals surface area contributed by atoms with Gasteiger partial charge in [-0.15, -0.1) is 0 Å². The summed E-state index contributed by atoms with van der Waals surface area (Å²) in [5.41, 5.74) is 2.33. The van der Waals surface area contributed by atoms with Gasteiger partial charge >= 0.3 is 6.09 Å². The van der Waals surface area contributed by atoms with E-state index in [0.717, 1.165) is 16.7 Å². The van der Waals surface area contributed by atoms with Crippen LogP contribution in [0.15, 0.2) is 30.6 Å². The van der Waals surface area contributed by atoms with Crippen LogP contribution in [0.4, 0.5) is 16.3 Å². The first-order valence-electron chi connectivity index (χ1n) is 11.9. The molecule has 0 atom stereocenters. The van der Waals surface area contributed by atoms with E-state index in [9.17, 15) is 9.59 Å². The van der Waals surface area contributed by atoms with Crippen molar-refractivity contribution in [3.05, 3.63) is 41.9 Å². The van der Waals surface area contributed by atoms with E-state index >= 15 is 0 Å². The Morgan fingerprint density at radius 1 is 1.09 bits per heavy atom. The van der Waals surface area contributed by atoms with Gasteiger partial charge in [-0.2, -0.15) is 5.10 Å². The fourth-order valence-electron chi connectivity index (χ4n) is 3.98. The van der Waals surface area contributed by atoms with Gasteiger partial charge in [0.15, 0.2) is 5.65 Å². The van der Waals surface area contributed by atoms with E-state index in [-0.39, 0.29) is 18.0 Å². The van der Waals surface area contributed by atoms with E-state index < -0.39 is 5.60 Å². The summed E-state index contributed by atoms with van der Waals surface area (Å²) in [6.45, 7) is 14.0. The SMILES string of the molecule is Cc1nc2c(cnn2C(C)C)cc1C(=O)Nc1ccc(N2CCN(C(=O)OC(C)(C)C)CC2)cn1. The first-order valence-corrected chi connectivity index (χ1v) is 11.9. The molecule has 0 unspecified atom stereocenters. The van der Waals surface area contributed by atoms with Crippen molar-refractivity contribution >= 4 is 34.5 Å². The fourth-order valence-corrected chi connectivity index (χ4v) is 3.98. The highest BCUT2D eigenvalue weighted by atomic mass is 16.6. The van der Waals surface area contributed by atoms with Crippen LogP contribution in [0, 0.1) is 6.92 Å². The molecule has 0 radical (unpaired) electrons. The van der Waals surface area contributed by atoms with E-state index in [1.54, 1.807) is 23.4 Å². The van der Waals surface area contributed by atoms with Crippen LogP contribution in [-0.2, 0) is 4.74 Å². The topological polar surface area (TPSA) is 105 Å². The van der Waals surface area contributed by atoms with Crippen molar-refractivity contribution in [2.45, 2.75) is 53.2 Å². The molecule has 0 spiro atoms. The molecule has 4 rings (SSSR count). The molecule has 3 aromatic heterocycles. The second-order valence-electron chi connectivity index (χ2n) is 10.0. The number of aromatic nitrogens is 4. The maximum atomic E-state index is 12.9. The number of nitrogens with one attached hydrogen (secondary N) is 1. The molecule has 1 N–H and O–H groups in total. The number of anilines is 2. The van der Waals surface area contributed by atoms with Gasteiger partial charge in [0, 0.05) is 37.6 Å². The minimum atomic E-state index is -0.505. The van der Waals surface area contributed by atoms with E-state index in [4.69, 9.17) is 4.74 Å². The number of nitrogens with zero attached hydrogens (tertiary/aromatic N) is 6. The van der Waals surface area contributed by atoms with E-state index in [2.05, 4.69) is 25.3 Å². The summed E-state index contributed by atoms with van der Waals surface area (Å²) >= 11 is 0. The molecular formula is C25H33N7O3. The number of pyridine rings is 2. The lowest BCUT2D eigenvalue weighted by Crippen LogP contribution is -2.50. The van der Waals surface area contributed by atoms with Crippen LogP contribution >= 0.6 is 0 Å². The van der Waals surface area contributed by atoms with Crippen LogP contribution < -0.4 is 10.2 Å². The lowest BCUT2D eigenvalue weighted by Gasteiger charge is -2.36. The van der Waals surface area contributed by atoms with Gasteiger partial charge < -0.3 is 19.9 Å². The molecule has 4 heterocycles. The Morgan fingerprint density at radius 3 is 2.40 bits per heavy atom. The smallest absolute Gasteiger partial charge is 0.410 e. The zero-order chi connectivity index (χ0) is 25.3. The Bertz CT molecular complexity index is 1220. The van der Waals surface area contributed by atoms with Gasteiger partial charge in [0.2, 0.25) is 0 Å². The van der Waals surface area contributed by atoms with E-state index in [1.807, 2.05) is 58.4 Å². The van der Waals surface area contributed by atoms with Crippen molar-refractivity contribution in [1.29, 1.82) is 0 Å². The lowest BCUT2D eigenvalue weighted by molar-refractivity contribution is 0.0240. The number of hydrogen-bond acceptors (Lipinski definition) is 7. The van der Waals surface area contributed by atoms with Gasteiger partial charge in [0.05, 0.1) is 29.3 Å². The summed E-state index contributed by atoms with van der Waals surface area (Å²) in [5, 5.41) is 8.07. The van der Waals surface area contributed by atoms with Crippen LogP contribution in [0.2, 0.25) is 0 Å². The third-order valence-electron chi connectivity index (χ3n) is 5.78. The predicted octanol–water partition coefficient (Wildman–Crippen LogP) is 4.03. The Balaban J connectivity index is 1.38. The van der Waals surface area contributed by atoms with Crippen molar-refractivity contribution in [3.8, 4) is 0 Å². The number of fused-ring (bicyclic) bond motifs is 1. The van der Waals surface area contributed by atoms with Crippen molar-refractivity contribution in [1.82, 2.24) is 24.6 Å². The molecule has 1 aliphatic heterocycles. The molecule has 0 aromatic carbocycles. The first-order chi connectivity index (χ1) is 16.5. The number of hydrogen-bond donors (Lipinski definition) is 1. The molecule has 1 aliphatic rings. The van der Waals surface area contributed by atoms with Gasteiger partial charge in [0.25, 0.3) is 5.91 Å². The van der Waals surface area contributed by atoms with E-state index in [1.165, 1.54) is 0 Å². The summed E-state index contributed by atoms with van der Waals surface area (Å²) in [6, 6.07) is 5.71. The predicted molar refractivity (Wildman–Crippen MR) is 135 cm³/mol. The van der Waals surface area contributed by atoms with Crippen LogP contribution in [0.5, 0.6) is 0 Å². The first kappa shape index (κ1) is 24.4. The van der Waals surface area contributed by atoms with Crippen molar-refractivity contribution in [3.63, 3.8) is 0 Å². The monoisotopic (exact) mass is 479 g/mol. The molecule has 3 aromatic rings. The number of amides is 2. The highest BCUT2D eigenvalue weighted by molar-refractivity contribution is 6.06. The largest absolute Gasteiger partial charge is 0.444 e. The number of ether oxygens (including phenoxy) is 1. The van der Waals surface area contributed by atoms with Gasteiger partial charge in [-0.05, 0) is 59.7 Å². The average Bonchev–Trinajstić information content (AvgIpc) is 3.21. The minimum Gasteiger partial charge on any atom is -0.444 e. The zero-order valence-electron chi connectivity index (χ0n) is 21.2. The molecule has 1 saturated heterocycles.